The van der Waals surface area contributed by atoms with Crippen LogP contribution in [0.4, 0.5) is 5.69 Å². The predicted octanol–water partition coefficient (Wildman–Crippen LogP) is 4.06. The van der Waals surface area contributed by atoms with Crippen molar-refractivity contribution < 1.29 is 14.3 Å². The number of benzene rings is 1. The molecular weight excluding hydrogens is 352 g/mol. The summed E-state index contributed by atoms with van der Waals surface area (Å²) in [7, 11) is 0. The van der Waals surface area contributed by atoms with Crippen molar-refractivity contribution in [2.24, 2.45) is 0 Å². The van der Waals surface area contributed by atoms with Crippen LogP contribution in [0.25, 0.3) is 0 Å². The molecule has 1 aliphatic heterocycles. The topological polar surface area (TPSA) is 59.5 Å². The number of halogens is 1. The minimum atomic E-state index is -0.191. The van der Waals surface area contributed by atoms with Crippen LogP contribution in [0.15, 0.2) is 53.7 Å². The molecule has 0 saturated heterocycles. The van der Waals surface area contributed by atoms with Gasteiger partial charge in [0.1, 0.15) is 17.5 Å². The highest BCUT2D eigenvalue weighted by molar-refractivity contribution is 6.33. The molecule has 2 aliphatic rings. The van der Waals surface area contributed by atoms with Crippen LogP contribution in [0, 0.1) is 0 Å². The number of hydrogen-bond donors (Lipinski definition) is 0. The number of anilines is 1. The minimum Gasteiger partial charge on any atom is -0.489 e. The van der Waals surface area contributed by atoms with E-state index < -0.39 is 0 Å². The number of carbonyl (C=O) groups is 2. The molecule has 0 radical (unpaired) electrons. The Kier molecular flexibility index (Phi) is 4.47. The van der Waals surface area contributed by atoms with Crippen LogP contribution >= 0.6 is 11.6 Å². The van der Waals surface area contributed by atoms with E-state index in [0.717, 1.165) is 18.4 Å². The lowest BCUT2D eigenvalue weighted by molar-refractivity contribution is -0.120. The summed E-state index contributed by atoms with van der Waals surface area (Å²) in [5.74, 6) is 0.204. The Bertz CT molecular complexity index is 878. The minimum absolute atomic E-state index is 0.191. The van der Waals surface area contributed by atoms with Gasteiger partial charge in [-0.2, -0.15) is 0 Å². The van der Waals surface area contributed by atoms with Crippen LogP contribution in [0.5, 0.6) is 5.75 Å². The molecular formula is C20H17ClN2O3. The second-order valence-electron chi connectivity index (χ2n) is 6.39. The lowest BCUT2D eigenvalue weighted by Gasteiger charge is -2.16. The summed E-state index contributed by atoms with van der Waals surface area (Å²) in [5, 5.41) is 0.429. The fraction of sp³-hybridized carbons (Fsp3) is 0.250. The van der Waals surface area contributed by atoms with Gasteiger partial charge in [0, 0.05) is 29.0 Å². The van der Waals surface area contributed by atoms with E-state index in [2.05, 4.69) is 4.98 Å². The molecule has 2 aromatic rings. The molecule has 0 N–H and O–H groups in total. The second-order valence-corrected chi connectivity index (χ2v) is 6.77. The second kappa shape index (κ2) is 6.92. The number of ether oxygens (including phenoxy) is 1. The smallest absolute Gasteiger partial charge is 0.261 e. The Morgan fingerprint density at radius 1 is 1.04 bits per heavy atom. The Morgan fingerprint density at radius 2 is 1.77 bits per heavy atom. The lowest BCUT2D eigenvalue weighted by atomic mass is 9.93. The van der Waals surface area contributed by atoms with Crippen molar-refractivity contribution in [3.63, 3.8) is 0 Å². The molecule has 1 aromatic carbocycles. The van der Waals surface area contributed by atoms with E-state index in [1.54, 1.807) is 36.5 Å². The zero-order valence-electron chi connectivity index (χ0n) is 14.1. The van der Waals surface area contributed by atoms with Gasteiger partial charge in [-0.25, -0.2) is 9.88 Å². The molecule has 0 saturated carbocycles. The first kappa shape index (κ1) is 16.8. The quantitative estimate of drug-likeness (QED) is 0.603. The summed E-state index contributed by atoms with van der Waals surface area (Å²) >= 11 is 5.78. The first-order valence-electron chi connectivity index (χ1n) is 8.57. The number of rotatable bonds is 4. The van der Waals surface area contributed by atoms with Crippen molar-refractivity contribution in [3.05, 3.63) is 64.5 Å². The van der Waals surface area contributed by atoms with Crippen molar-refractivity contribution in [1.82, 2.24) is 4.98 Å². The normalized spacial score (nSPS) is 16.9. The number of pyridine rings is 1. The maximum atomic E-state index is 12.7. The van der Waals surface area contributed by atoms with E-state index in [1.807, 2.05) is 6.07 Å². The van der Waals surface area contributed by atoms with Crippen LogP contribution in [-0.4, -0.2) is 16.8 Å². The van der Waals surface area contributed by atoms with Crippen LogP contribution < -0.4 is 9.64 Å². The third-order valence-corrected chi connectivity index (χ3v) is 4.88. The maximum Gasteiger partial charge on any atom is 0.261 e. The van der Waals surface area contributed by atoms with E-state index >= 15 is 0 Å². The van der Waals surface area contributed by atoms with E-state index in [1.165, 1.54) is 4.90 Å². The predicted molar refractivity (Wildman–Crippen MR) is 98.0 cm³/mol. The molecule has 1 aromatic heterocycles. The van der Waals surface area contributed by atoms with Crippen molar-refractivity contribution >= 4 is 29.1 Å². The number of carbonyl (C=O) groups excluding carboxylic acids is 2. The molecule has 26 heavy (non-hydrogen) atoms. The van der Waals surface area contributed by atoms with Crippen molar-refractivity contribution in [3.8, 4) is 5.75 Å². The Labute approximate surface area is 156 Å². The van der Waals surface area contributed by atoms with E-state index in [9.17, 15) is 9.59 Å². The highest BCUT2D eigenvalue weighted by Gasteiger charge is 2.39. The molecule has 0 fully saturated rings. The molecule has 0 spiro atoms. The highest BCUT2D eigenvalue weighted by atomic mass is 35.5. The number of amides is 2. The van der Waals surface area contributed by atoms with E-state index in [4.69, 9.17) is 16.3 Å². The summed E-state index contributed by atoms with van der Waals surface area (Å²) in [4.78, 5) is 30.6. The average molecular weight is 369 g/mol. The Morgan fingerprint density at radius 3 is 2.42 bits per heavy atom. The SMILES string of the molecule is O=C1C2=C(CCCC2)C(=O)N1c1cccc(OCc2ccc(Cl)nc2)c1. The largest absolute Gasteiger partial charge is 0.489 e. The fourth-order valence-corrected chi connectivity index (χ4v) is 3.46. The fourth-order valence-electron chi connectivity index (χ4n) is 3.34. The van der Waals surface area contributed by atoms with Gasteiger partial charge < -0.3 is 4.74 Å². The van der Waals surface area contributed by atoms with Crippen molar-refractivity contribution in [2.75, 3.05) is 4.90 Å². The summed E-state index contributed by atoms with van der Waals surface area (Å²) in [6, 6.07) is 10.6. The van der Waals surface area contributed by atoms with Crippen LogP contribution in [0.1, 0.15) is 31.2 Å². The molecule has 132 valence electrons. The van der Waals surface area contributed by atoms with Gasteiger partial charge in [0.2, 0.25) is 0 Å². The van der Waals surface area contributed by atoms with Gasteiger partial charge in [0.15, 0.2) is 0 Å². The van der Waals surface area contributed by atoms with Gasteiger partial charge in [-0.3, -0.25) is 9.59 Å². The van der Waals surface area contributed by atoms with E-state index in [0.29, 0.717) is 47.2 Å². The zero-order chi connectivity index (χ0) is 18.1. The summed E-state index contributed by atoms with van der Waals surface area (Å²) < 4.78 is 5.78. The van der Waals surface area contributed by atoms with Gasteiger partial charge >= 0.3 is 0 Å². The molecule has 0 atom stereocenters. The first-order valence-corrected chi connectivity index (χ1v) is 8.95. The lowest BCUT2D eigenvalue weighted by Crippen LogP contribution is -2.31. The third kappa shape index (κ3) is 3.10. The standard InChI is InChI=1S/C20H17ClN2O3/c21-18-9-8-13(11-22-18)12-26-15-5-3-4-14(10-15)23-19(24)16-6-1-2-7-17(16)20(23)25/h3-5,8-11H,1-2,6-7,12H2. The van der Waals surface area contributed by atoms with Crippen LogP contribution in [-0.2, 0) is 16.2 Å². The van der Waals surface area contributed by atoms with Gasteiger partial charge in [-0.15, -0.1) is 0 Å². The molecule has 4 rings (SSSR count). The molecule has 1 aliphatic carbocycles. The van der Waals surface area contributed by atoms with Crippen molar-refractivity contribution in [1.29, 1.82) is 0 Å². The van der Waals surface area contributed by atoms with Gasteiger partial charge in [0.05, 0.1) is 5.69 Å². The third-order valence-electron chi connectivity index (χ3n) is 4.66. The Hall–Kier alpha value is -2.66. The van der Waals surface area contributed by atoms with Crippen LogP contribution in [0.2, 0.25) is 5.15 Å². The monoisotopic (exact) mass is 368 g/mol. The van der Waals surface area contributed by atoms with Gasteiger partial charge in [0.25, 0.3) is 11.8 Å². The molecule has 0 unspecified atom stereocenters. The van der Waals surface area contributed by atoms with Crippen LogP contribution in [0.3, 0.4) is 0 Å². The number of nitrogens with zero attached hydrogens (tertiary/aromatic N) is 2. The summed E-state index contributed by atoms with van der Waals surface area (Å²) in [6.45, 7) is 0.324. The average Bonchev–Trinajstić information content (AvgIpc) is 2.93. The molecule has 2 amide bonds. The number of aromatic nitrogens is 1. The zero-order valence-corrected chi connectivity index (χ0v) is 14.8. The van der Waals surface area contributed by atoms with E-state index in [-0.39, 0.29) is 11.8 Å². The Balaban J connectivity index is 1.52. The molecule has 0 bridgehead atoms. The highest BCUT2D eigenvalue weighted by Crippen LogP contribution is 2.36. The maximum absolute atomic E-state index is 12.7. The molecule has 5 nitrogen and oxygen atoms in total. The summed E-state index contributed by atoms with van der Waals surface area (Å²) in [6.07, 6.45) is 4.96. The van der Waals surface area contributed by atoms with Gasteiger partial charge in [-0.05, 0) is 43.9 Å². The van der Waals surface area contributed by atoms with Crippen molar-refractivity contribution in [2.45, 2.75) is 32.3 Å². The number of imide groups is 1. The van der Waals surface area contributed by atoms with Gasteiger partial charge in [-0.1, -0.05) is 23.7 Å². The molecule has 2 heterocycles. The molecule has 6 heteroatoms. The summed E-state index contributed by atoms with van der Waals surface area (Å²) in [5.41, 5.74) is 2.78. The number of hydrogen-bond acceptors (Lipinski definition) is 4. The first-order chi connectivity index (χ1) is 12.6.